The predicted octanol–water partition coefficient (Wildman–Crippen LogP) is 4.05. The molecule has 3 rings (SSSR count). The minimum atomic E-state index is 0. The van der Waals surface area contributed by atoms with Crippen LogP contribution in [0.1, 0.15) is 30.9 Å². The smallest absolute Gasteiger partial charge is 0.203 e. The fourth-order valence-corrected chi connectivity index (χ4v) is 4.04. The first-order chi connectivity index (χ1) is 15.7. The third kappa shape index (κ3) is 7.67. The van der Waals surface area contributed by atoms with Gasteiger partial charge in [0.2, 0.25) is 5.75 Å². The average molecular weight is 569 g/mol. The Balaban J connectivity index is 0.00000385. The molecule has 1 fully saturated rings. The van der Waals surface area contributed by atoms with Crippen LogP contribution in [0.4, 0.5) is 0 Å². The van der Waals surface area contributed by atoms with Gasteiger partial charge in [-0.1, -0.05) is 30.3 Å². The number of rotatable bonds is 9. The van der Waals surface area contributed by atoms with Gasteiger partial charge < -0.3 is 24.8 Å². The first kappa shape index (κ1) is 27.0. The van der Waals surface area contributed by atoms with E-state index in [4.69, 9.17) is 19.2 Å². The molecule has 2 N–H and O–H groups in total. The maximum atomic E-state index is 5.59. The van der Waals surface area contributed by atoms with Gasteiger partial charge in [-0.3, -0.25) is 4.90 Å². The topological polar surface area (TPSA) is 67.4 Å². The highest BCUT2D eigenvalue weighted by Gasteiger charge is 2.20. The van der Waals surface area contributed by atoms with Gasteiger partial charge in [-0.05, 0) is 37.5 Å². The summed E-state index contributed by atoms with van der Waals surface area (Å²) < 4.78 is 16.5. The number of methoxy groups -OCH3 is 3. The molecule has 0 unspecified atom stereocenters. The second-order valence-electron chi connectivity index (χ2n) is 7.87. The van der Waals surface area contributed by atoms with Crippen LogP contribution in [0, 0.1) is 0 Å². The maximum absolute atomic E-state index is 5.59. The third-order valence-electron chi connectivity index (χ3n) is 5.71. The number of aliphatic imine (C=N–C) groups is 1. The number of hydrogen-bond donors (Lipinski definition) is 2. The zero-order valence-corrected chi connectivity index (χ0v) is 22.4. The summed E-state index contributed by atoms with van der Waals surface area (Å²) in [5, 5.41) is 6.98. The van der Waals surface area contributed by atoms with Crippen LogP contribution in [0.3, 0.4) is 0 Å². The van der Waals surface area contributed by atoms with Crippen LogP contribution in [0.2, 0.25) is 0 Å². The predicted molar refractivity (Wildman–Crippen MR) is 144 cm³/mol. The van der Waals surface area contributed by atoms with Crippen molar-refractivity contribution in [3.05, 3.63) is 53.6 Å². The Bertz CT molecular complexity index is 871. The summed E-state index contributed by atoms with van der Waals surface area (Å²) in [6.07, 6.45) is 2.19. The molecule has 33 heavy (non-hydrogen) atoms. The molecule has 0 aromatic heterocycles. The minimum Gasteiger partial charge on any atom is -0.493 e. The van der Waals surface area contributed by atoms with Crippen molar-refractivity contribution in [2.45, 2.75) is 38.9 Å². The lowest BCUT2D eigenvalue weighted by Gasteiger charge is -2.33. The van der Waals surface area contributed by atoms with Crippen LogP contribution in [0.15, 0.2) is 47.5 Å². The summed E-state index contributed by atoms with van der Waals surface area (Å²) in [5.41, 5.74) is 2.32. The molecular weight excluding hydrogens is 531 g/mol. The van der Waals surface area contributed by atoms with Crippen LogP contribution in [-0.4, -0.2) is 57.9 Å². The molecule has 2 aromatic rings. The van der Waals surface area contributed by atoms with Gasteiger partial charge in [0.05, 0.1) is 27.9 Å². The highest BCUT2D eigenvalue weighted by atomic mass is 127. The van der Waals surface area contributed by atoms with Crippen molar-refractivity contribution in [2.24, 2.45) is 4.99 Å². The zero-order chi connectivity index (χ0) is 22.8. The quantitative estimate of drug-likeness (QED) is 0.271. The van der Waals surface area contributed by atoms with E-state index in [1.54, 1.807) is 21.3 Å². The SMILES string of the molecule is CCNC(=NCc1ccc(OC)c(OC)c1OC)NC1CCN(Cc2ccccc2)CC1.I. The monoisotopic (exact) mass is 568 g/mol. The molecule has 0 amide bonds. The van der Waals surface area contributed by atoms with Crippen LogP contribution in [-0.2, 0) is 13.1 Å². The highest BCUT2D eigenvalue weighted by Crippen LogP contribution is 2.39. The molecule has 1 heterocycles. The Kier molecular flexibility index (Phi) is 11.6. The lowest BCUT2D eigenvalue weighted by atomic mass is 10.0. The Hall–Kier alpha value is -2.20. The van der Waals surface area contributed by atoms with Crippen molar-refractivity contribution < 1.29 is 14.2 Å². The lowest BCUT2D eigenvalue weighted by molar-refractivity contribution is 0.198. The number of ether oxygens (including phenoxy) is 3. The van der Waals surface area contributed by atoms with Crippen molar-refractivity contribution in [1.29, 1.82) is 0 Å². The molecule has 0 spiro atoms. The molecule has 0 aliphatic carbocycles. The number of likely N-dealkylation sites (tertiary alicyclic amines) is 1. The van der Waals surface area contributed by atoms with E-state index >= 15 is 0 Å². The van der Waals surface area contributed by atoms with Gasteiger partial charge in [-0.15, -0.1) is 24.0 Å². The van der Waals surface area contributed by atoms with Crippen LogP contribution in [0.25, 0.3) is 0 Å². The molecular formula is C25H37IN4O3. The van der Waals surface area contributed by atoms with Crippen molar-refractivity contribution in [3.8, 4) is 17.2 Å². The molecule has 0 atom stereocenters. The number of guanidine groups is 1. The summed E-state index contributed by atoms with van der Waals surface area (Å²) in [6.45, 7) is 6.54. The van der Waals surface area contributed by atoms with Crippen LogP contribution in [0.5, 0.6) is 17.2 Å². The standard InChI is InChI=1S/C25H36N4O3.HI/c1-5-26-25(27-17-20-11-12-22(30-2)24(32-4)23(20)31-3)28-21-13-15-29(16-14-21)18-19-9-7-6-8-10-19;/h6-12,21H,5,13-18H2,1-4H3,(H2,26,27,28);1H. The number of benzene rings is 2. The number of nitrogens with one attached hydrogen (secondary N) is 2. The van der Waals surface area contributed by atoms with Crippen molar-refractivity contribution in [2.75, 3.05) is 41.0 Å². The fourth-order valence-electron chi connectivity index (χ4n) is 4.04. The Morgan fingerprint density at radius 3 is 2.27 bits per heavy atom. The largest absolute Gasteiger partial charge is 0.493 e. The number of halogens is 1. The fraction of sp³-hybridized carbons (Fsp3) is 0.480. The molecule has 0 bridgehead atoms. The van der Waals surface area contributed by atoms with Gasteiger partial charge >= 0.3 is 0 Å². The molecule has 0 radical (unpaired) electrons. The van der Waals surface area contributed by atoms with Gasteiger partial charge in [0.1, 0.15) is 0 Å². The molecule has 0 saturated carbocycles. The first-order valence-corrected chi connectivity index (χ1v) is 11.3. The van der Waals surface area contributed by atoms with Gasteiger partial charge in [0, 0.05) is 37.8 Å². The van der Waals surface area contributed by atoms with Crippen molar-refractivity contribution >= 4 is 29.9 Å². The van der Waals surface area contributed by atoms with E-state index in [0.717, 1.165) is 50.5 Å². The van der Waals surface area contributed by atoms with E-state index in [0.29, 0.717) is 29.8 Å². The van der Waals surface area contributed by atoms with Crippen LogP contribution < -0.4 is 24.8 Å². The van der Waals surface area contributed by atoms with Crippen molar-refractivity contribution in [3.63, 3.8) is 0 Å². The van der Waals surface area contributed by atoms with E-state index in [1.165, 1.54) is 5.56 Å². The molecule has 2 aromatic carbocycles. The molecule has 1 saturated heterocycles. The average Bonchev–Trinajstić information content (AvgIpc) is 2.83. The second-order valence-corrected chi connectivity index (χ2v) is 7.87. The Morgan fingerprint density at radius 1 is 0.970 bits per heavy atom. The summed E-state index contributed by atoms with van der Waals surface area (Å²) in [7, 11) is 4.87. The number of piperidine rings is 1. The maximum Gasteiger partial charge on any atom is 0.203 e. The molecule has 7 nitrogen and oxygen atoms in total. The molecule has 1 aliphatic heterocycles. The first-order valence-electron chi connectivity index (χ1n) is 11.3. The number of nitrogens with zero attached hydrogens (tertiary/aromatic N) is 2. The van der Waals surface area contributed by atoms with E-state index < -0.39 is 0 Å². The molecule has 1 aliphatic rings. The van der Waals surface area contributed by atoms with E-state index in [9.17, 15) is 0 Å². The summed E-state index contributed by atoms with van der Waals surface area (Å²) in [4.78, 5) is 7.33. The van der Waals surface area contributed by atoms with Gasteiger partial charge in [-0.2, -0.15) is 0 Å². The summed E-state index contributed by atoms with van der Waals surface area (Å²) in [5.74, 6) is 2.71. The minimum absolute atomic E-state index is 0. The molecule has 8 heteroatoms. The number of hydrogen-bond acceptors (Lipinski definition) is 5. The lowest BCUT2D eigenvalue weighted by Crippen LogP contribution is -2.48. The molecule has 182 valence electrons. The van der Waals surface area contributed by atoms with E-state index in [2.05, 4.69) is 52.8 Å². The van der Waals surface area contributed by atoms with Gasteiger partial charge in [0.25, 0.3) is 0 Å². The van der Waals surface area contributed by atoms with Crippen molar-refractivity contribution in [1.82, 2.24) is 15.5 Å². The van der Waals surface area contributed by atoms with E-state index in [1.807, 2.05) is 12.1 Å². The Labute approximate surface area is 214 Å². The highest BCUT2D eigenvalue weighted by molar-refractivity contribution is 14.0. The van der Waals surface area contributed by atoms with Crippen LogP contribution >= 0.6 is 24.0 Å². The summed E-state index contributed by atoms with van der Waals surface area (Å²) in [6, 6.07) is 14.9. The van der Waals surface area contributed by atoms with E-state index in [-0.39, 0.29) is 24.0 Å². The summed E-state index contributed by atoms with van der Waals surface area (Å²) >= 11 is 0. The second kappa shape index (κ2) is 14.1. The zero-order valence-electron chi connectivity index (χ0n) is 20.1. The Morgan fingerprint density at radius 2 is 1.67 bits per heavy atom. The third-order valence-corrected chi connectivity index (χ3v) is 5.71. The normalized spacial score (nSPS) is 14.8. The van der Waals surface area contributed by atoms with Gasteiger partial charge in [0.15, 0.2) is 17.5 Å². The van der Waals surface area contributed by atoms with Gasteiger partial charge in [-0.25, -0.2) is 4.99 Å².